The molecule has 28 heavy (non-hydrogen) atoms. The van der Waals surface area contributed by atoms with E-state index in [0.717, 1.165) is 22.9 Å². The van der Waals surface area contributed by atoms with Crippen molar-refractivity contribution in [2.24, 2.45) is 5.73 Å². The number of hydrogen-bond donors (Lipinski definition) is 5. The minimum Gasteiger partial charge on any atom is -0.504 e. The topological polar surface area (TPSA) is 190 Å². The Bertz CT molecular complexity index is 948. The number of nitrogens with two attached hydrogens (primary N) is 1. The van der Waals surface area contributed by atoms with Crippen LogP contribution in [0.25, 0.3) is 0 Å². The van der Waals surface area contributed by atoms with Gasteiger partial charge in [-0.05, 0) is 18.2 Å². The first kappa shape index (κ1) is 20.0. The molecule has 0 bridgehead atoms. The number of aromatic nitrogens is 3. The second kappa shape index (κ2) is 7.70. The normalized spacial score (nSPS) is 27.0. The lowest BCUT2D eigenvalue weighted by atomic mass is 10.1. The number of phenolic OH excluding ortho intramolecular Hbond substituents is 1. The summed E-state index contributed by atoms with van der Waals surface area (Å²) in [5, 5.41) is 33.6. The zero-order valence-corrected chi connectivity index (χ0v) is 15.0. The Balaban J connectivity index is 1.72. The molecule has 2 heterocycles. The van der Waals surface area contributed by atoms with Crippen molar-refractivity contribution < 1.29 is 38.8 Å². The SMILES string of the molecule is NC(=O)c1ncn([C@@H]2O[C@H](/C=C/P(=O)(O)Oc3ccccc3O)[C@@H](O)[C@H]2O)n1. The monoisotopic (exact) mass is 412 g/mol. The van der Waals surface area contributed by atoms with Gasteiger partial charge in [0.25, 0.3) is 5.91 Å². The van der Waals surface area contributed by atoms with Crippen LogP contribution in [0, 0.1) is 0 Å². The molecule has 12 nitrogen and oxygen atoms in total. The average Bonchev–Trinajstić information content (AvgIpc) is 3.22. The van der Waals surface area contributed by atoms with Gasteiger partial charge in [-0.15, -0.1) is 5.10 Å². The number of aliphatic hydroxyl groups is 2. The molecular weight excluding hydrogens is 395 g/mol. The van der Waals surface area contributed by atoms with Crippen LogP contribution in [0.5, 0.6) is 11.5 Å². The molecule has 1 fully saturated rings. The highest BCUT2D eigenvalue weighted by molar-refractivity contribution is 7.56. The molecule has 5 atom stereocenters. The summed E-state index contributed by atoms with van der Waals surface area (Å²) in [5.41, 5.74) is 5.05. The molecule has 1 aliphatic rings. The van der Waals surface area contributed by atoms with E-state index in [-0.39, 0.29) is 17.3 Å². The molecule has 1 amide bonds. The van der Waals surface area contributed by atoms with E-state index in [1.807, 2.05) is 0 Å². The Hall–Kier alpha value is -2.76. The van der Waals surface area contributed by atoms with Crippen LogP contribution in [0.1, 0.15) is 16.8 Å². The molecular formula is C15H17N4O8P. The first-order valence-corrected chi connectivity index (χ1v) is 9.54. The molecule has 150 valence electrons. The quantitative estimate of drug-likeness (QED) is 0.386. The van der Waals surface area contributed by atoms with Crippen LogP contribution in [0.2, 0.25) is 0 Å². The van der Waals surface area contributed by atoms with Crippen molar-refractivity contribution in [3.63, 3.8) is 0 Å². The smallest absolute Gasteiger partial charge is 0.400 e. The maximum absolute atomic E-state index is 12.2. The summed E-state index contributed by atoms with van der Waals surface area (Å²) in [7, 11) is -4.35. The van der Waals surface area contributed by atoms with Crippen LogP contribution in [0.15, 0.2) is 42.5 Å². The number of rotatable bonds is 6. The zero-order valence-electron chi connectivity index (χ0n) is 14.1. The first-order valence-electron chi connectivity index (χ1n) is 7.90. The van der Waals surface area contributed by atoms with Crippen LogP contribution in [0.3, 0.4) is 0 Å². The first-order chi connectivity index (χ1) is 13.2. The van der Waals surface area contributed by atoms with Gasteiger partial charge in [-0.1, -0.05) is 12.1 Å². The van der Waals surface area contributed by atoms with E-state index in [1.54, 1.807) is 0 Å². The van der Waals surface area contributed by atoms with Gasteiger partial charge in [0.15, 0.2) is 17.7 Å². The maximum Gasteiger partial charge on any atom is 0.400 e. The Labute approximate surface area is 158 Å². The summed E-state index contributed by atoms with van der Waals surface area (Å²) < 4.78 is 23.5. The zero-order chi connectivity index (χ0) is 20.5. The number of aliphatic hydroxyl groups excluding tert-OH is 2. The summed E-state index contributed by atoms with van der Waals surface area (Å²) in [6, 6.07) is 5.59. The summed E-state index contributed by atoms with van der Waals surface area (Å²) in [4.78, 5) is 24.6. The minimum atomic E-state index is -4.35. The average molecular weight is 412 g/mol. The van der Waals surface area contributed by atoms with Gasteiger partial charge < -0.3 is 35.2 Å². The molecule has 0 aliphatic carbocycles. The largest absolute Gasteiger partial charge is 0.504 e. The van der Waals surface area contributed by atoms with Crippen molar-refractivity contribution in [2.75, 3.05) is 0 Å². The van der Waals surface area contributed by atoms with E-state index in [9.17, 15) is 29.6 Å². The van der Waals surface area contributed by atoms with Crippen LogP contribution in [0.4, 0.5) is 0 Å². The van der Waals surface area contributed by atoms with Crippen molar-refractivity contribution in [1.82, 2.24) is 14.8 Å². The Morgan fingerprint density at radius 2 is 2.04 bits per heavy atom. The third-order valence-electron chi connectivity index (χ3n) is 3.82. The minimum absolute atomic E-state index is 0.203. The second-order valence-corrected chi connectivity index (χ2v) is 7.46. The molecule has 0 spiro atoms. The van der Waals surface area contributed by atoms with Crippen molar-refractivity contribution in [1.29, 1.82) is 0 Å². The molecule has 1 aromatic carbocycles. The molecule has 13 heteroatoms. The van der Waals surface area contributed by atoms with Gasteiger partial charge in [0.05, 0.1) is 0 Å². The van der Waals surface area contributed by atoms with Gasteiger partial charge >= 0.3 is 7.60 Å². The third kappa shape index (κ3) is 4.21. The van der Waals surface area contributed by atoms with E-state index in [1.165, 1.54) is 24.3 Å². The lowest BCUT2D eigenvalue weighted by Gasteiger charge is -2.13. The molecule has 1 saturated heterocycles. The number of nitrogens with zero attached hydrogens (tertiary/aromatic N) is 3. The highest BCUT2D eigenvalue weighted by Gasteiger charge is 2.43. The molecule has 0 saturated carbocycles. The fourth-order valence-electron chi connectivity index (χ4n) is 2.47. The van der Waals surface area contributed by atoms with E-state index >= 15 is 0 Å². The van der Waals surface area contributed by atoms with Gasteiger partial charge in [0, 0.05) is 5.82 Å². The van der Waals surface area contributed by atoms with Gasteiger partial charge in [-0.3, -0.25) is 4.79 Å². The summed E-state index contributed by atoms with van der Waals surface area (Å²) in [5.74, 6) is -0.955. The molecule has 0 radical (unpaired) electrons. The highest BCUT2D eigenvalue weighted by atomic mass is 31.2. The van der Waals surface area contributed by atoms with Crippen LogP contribution < -0.4 is 10.3 Å². The predicted molar refractivity (Wildman–Crippen MR) is 92.2 cm³/mol. The van der Waals surface area contributed by atoms with Crippen LogP contribution in [-0.4, -0.2) is 59.2 Å². The van der Waals surface area contributed by atoms with E-state index < -0.39 is 38.0 Å². The molecule has 3 rings (SSSR count). The molecule has 6 N–H and O–H groups in total. The number of para-hydroxylation sites is 2. The number of carbonyl (C=O) groups is 1. The van der Waals surface area contributed by atoms with Crippen LogP contribution in [-0.2, 0) is 9.30 Å². The number of amides is 1. The number of aromatic hydroxyl groups is 1. The Kier molecular flexibility index (Phi) is 5.49. The van der Waals surface area contributed by atoms with E-state index in [4.69, 9.17) is 15.0 Å². The molecule has 2 aromatic rings. The molecule has 1 aliphatic heterocycles. The molecule has 1 aromatic heterocycles. The Morgan fingerprint density at radius 1 is 1.32 bits per heavy atom. The summed E-state index contributed by atoms with van der Waals surface area (Å²) >= 11 is 0. The number of primary amides is 1. The lowest BCUT2D eigenvalue weighted by Crippen LogP contribution is -2.31. The van der Waals surface area contributed by atoms with Crippen molar-refractivity contribution >= 4 is 13.5 Å². The van der Waals surface area contributed by atoms with Gasteiger partial charge in [-0.2, -0.15) is 0 Å². The fraction of sp³-hybridized carbons (Fsp3) is 0.267. The Morgan fingerprint density at radius 3 is 2.68 bits per heavy atom. The highest BCUT2D eigenvalue weighted by Crippen LogP contribution is 2.47. The third-order valence-corrected chi connectivity index (χ3v) is 4.83. The van der Waals surface area contributed by atoms with Crippen molar-refractivity contribution in [3.05, 3.63) is 48.3 Å². The van der Waals surface area contributed by atoms with E-state index in [0.29, 0.717) is 0 Å². The molecule has 1 unspecified atom stereocenters. The number of carbonyl (C=O) groups excluding carboxylic acids is 1. The number of phenols is 1. The van der Waals surface area contributed by atoms with Gasteiger partial charge in [-0.25, -0.2) is 14.2 Å². The van der Waals surface area contributed by atoms with Gasteiger partial charge in [0.1, 0.15) is 24.6 Å². The van der Waals surface area contributed by atoms with E-state index in [2.05, 4.69) is 10.1 Å². The van der Waals surface area contributed by atoms with Gasteiger partial charge in [0.2, 0.25) is 5.82 Å². The summed E-state index contributed by atoms with van der Waals surface area (Å²) in [6.45, 7) is 0. The predicted octanol–water partition coefficient (Wildman–Crippen LogP) is -0.520. The number of benzene rings is 1. The van der Waals surface area contributed by atoms with Crippen LogP contribution >= 0.6 is 7.60 Å². The fourth-order valence-corrected chi connectivity index (χ4v) is 3.36. The standard InChI is InChI=1S/C15H17N4O8P/c16-13(23)14-17-7-19(18-14)15-12(22)11(21)10(26-15)5-6-28(24,25)27-9-4-2-1-3-8(9)20/h1-7,10-12,15,20-22H,(H2,16,23)(H,24,25)/b6-5+/t10-,11-,12-,15-/m1/s1. The second-order valence-electron chi connectivity index (χ2n) is 5.85. The summed E-state index contributed by atoms with van der Waals surface area (Å²) in [6.07, 6.45) is -3.19. The number of ether oxygens (including phenoxy) is 1. The number of hydrogen-bond acceptors (Lipinski definition) is 9. The van der Waals surface area contributed by atoms with Crippen molar-refractivity contribution in [3.8, 4) is 11.5 Å². The maximum atomic E-state index is 12.2. The van der Waals surface area contributed by atoms with Crippen molar-refractivity contribution in [2.45, 2.75) is 24.5 Å². The lowest BCUT2D eigenvalue weighted by molar-refractivity contribution is -0.0346.